The van der Waals surface area contributed by atoms with E-state index in [9.17, 15) is 4.79 Å². The first-order valence-electron chi connectivity index (χ1n) is 8.28. The van der Waals surface area contributed by atoms with Crippen LogP contribution in [0.5, 0.6) is 0 Å². The van der Waals surface area contributed by atoms with E-state index in [1.54, 1.807) is 24.5 Å². The minimum Gasteiger partial charge on any atom is -0.349 e. The summed E-state index contributed by atoms with van der Waals surface area (Å²) in [7, 11) is 0. The first-order chi connectivity index (χ1) is 10.1. The first-order valence-corrected chi connectivity index (χ1v) is 8.28. The smallest absolute Gasteiger partial charge is 0.253 e. The predicted octanol–water partition coefficient (Wildman–Crippen LogP) is 4.83. The summed E-state index contributed by atoms with van der Waals surface area (Å²) in [6.45, 7) is 12.6. The van der Waals surface area contributed by atoms with Gasteiger partial charge in [-0.05, 0) is 43.2 Å². The van der Waals surface area contributed by atoms with Crippen LogP contribution in [0.25, 0.3) is 0 Å². The van der Waals surface area contributed by atoms with Crippen molar-refractivity contribution in [1.82, 2.24) is 10.3 Å². The molecule has 0 aliphatic heterocycles. The lowest BCUT2D eigenvalue weighted by Gasteiger charge is -2.34. The van der Waals surface area contributed by atoms with Gasteiger partial charge in [-0.3, -0.25) is 9.78 Å². The van der Waals surface area contributed by atoms with Gasteiger partial charge in [-0.25, -0.2) is 0 Å². The lowest BCUT2D eigenvalue weighted by molar-refractivity contribution is 0.0908. The Morgan fingerprint density at radius 1 is 1.19 bits per heavy atom. The number of nitrogens with zero attached hydrogens (tertiary/aromatic N) is 1. The summed E-state index contributed by atoms with van der Waals surface area (Å²) in [6.07, 6.45) is 7.83. The van der Waals surface area contributed by atoms with Crippen LogP contribution < -0.4 is 5.32 Å². The monoisotopic (exact) mass is 292 g/mol. The molecule has 2 rings (SSSR count). The molecule has 0 saturated heterocycles. The Morgan fingerprint density at radius 3 is 2.24 bits per heavy atom. The van der Waals surface area contributed by atoms with E-state index in [0.29, 0.717) is 17.0 Å². The number of hydrogen-bond donors (Lipinski definition) is 1. The fourth-order valence-electron chi connectivity index (χ4n) is 2.31. The highest BCUT2D eigenvalue weighted by molar-refractivity contribution is 5.93. The lowest BCUT2D eigenvalue weighted by Crippen LogP contribution is -2.39. The lowest BCUT2D eigenvalue weighted by atomic mass is 9.75. The molecule has 0 bridgehead atoms. The van der Waals surface area contributed by atoms with E-state index in [1.165, 1.54) is 12.8 Å². The van der Waals surface area contributed by atoms with Gasteiger partial charge >= 0.3 is 0 Å². The van der Waals surface area contributed by atoms with Gasteiger partial charge in [0.1, 0.15) is 0 Å². The summed E-state index contributed by atoms with van der Waals surface area (Å²) in [6, 6.07) is 3.92. The molecular weight excluding hydrogens is 260 g/mol. The second-order valence-electron chi connectivity index (χ2n) is 5.65. The van der Waals surface area contributed by atoms with E-state index in [4.69, 9.17) is 0 Å². The summed E-state index contributed by atoms with van der Waals surface area (Å²) < 4.78 is 0. The van der Waals surface area contributed by atoms with Gasteiger partial charge in [0.05, 0.1) is 5.56 Å². The molecule has 1 N–H and O–H groups in total. The van der Waals surface area contributed by atoms with Gasteiger partial charge in [0.25, 0.3) is 5.91 Å². The number of hydrogen-bond acceptors (Lipinski definition) is 2. The van der Waals surface area contributed by atoms with Crippen molar-refractivity contribution < 1.29 is 4.79 Å². The van der Waals surface area contributed by atoms with Crippen molar-refractivity contribution in [2.24, 2.45) is 5.41 Å². The zero-order valence-electron chi connectivity index (χ0n) is 14.6. The van der Waals surface area contributed by atoms with Crippen LogP contribution in [0.15, 0.2) is 24.5 Å². The van der Waals surface area contributed by atoms with Gasteiger partial charge in [0, 0.05) is 18.4 Å². The third-order valence-electron chi connectivity index (χ3n) is 3.60. The van der Waals surface area contributed by atoms with Crippen molar-refractivity contribution in [3.8, 4) is 0 Å². The van der Waals surface area contributed by atoms with Crippen molar-refractivity contribution in [3.05, 3.63) is 30.1 Å². The zero-order valence-corrected chi connectivity index (χ0v) is 14.6. The number of rotatable bonds is 2. The second-order valence-corrected chi connectivity index (χ2v) is 5.65. The second kappa shape index (κ2) is 10.4. The minimum absolute atomic E-state index is 0.00260. The maximum absolute atomic E-state index is 11.9. The molecule has 0 atom stereocenters. The molecule has 1 aliphatic carbocycles. The molecule has 1 aliphatic rings. The van der Waals surface area contributed by atoms with Crippen LogP contribution in [0.2, 0.25) is 0 Å². The number of pyridine rings is 1. The Hall–Kier alpha value is -1.38. The van der Waals surface area contributed by atoms with Crippen LogP contribution >= 0.6 is 0 Å². The topological polar surface area (TPSA) is 42.0 Å². The van der Waals surface area contributed by atoms with Crippen LogP contribution in [0.4, 0.5) is 0 Å². The largest absolute Gasteiger partial charge is 0.349 e. The molecule has 1 heterocycles. The summed E-state index contributed by atoms with van der Waals surface area (Å²) in [4.78, 5) is 15.9. The fraction of sp³-hybridized carbons (Fsp3) is 0.667. The fourth-order valence-corrected chi connectivity index (χ4v) is 2.31. The van der Waals surface area contributed by atoms with Crippen molar-refractivity contribution in [2.75, 3.05) is 0 Å². The SMILES string of the molecule is CC.CC.CC1(C)CCC(NC(=O)c2cccnc2)CC1. The molecule has 0 aromatic carbocycles. The summed E-state index contributed by atoms with van der Waals surface area (Å²) in [5.74, 6) is 0.00260. The zero-order chi connectivity index (χ0) is 16.3. The van der Waals surface area contributed by atoms with Crippen molar-refractivity contribution in [3.63, 3.8) is 0 Å². The molecule has 0 unspecified atom stereocenters. The van der Waals surface area contributed by atoms with E-state index in [2.05, 4.69) is 24.1 Å². The van der Waals surface area contributed by atoms with Gasteiger partial charge in [-0.15, -0.1) is 0 Å². The Morgan fingerprint density at radius 2 is 1.76 bits per heavy atom. The molecule has 1 saturated carbocycles. The number of carbonyl (C=O) groups is 1. The highest BCUT2D eigenvalue weighted by atomic mass is 16.1. The van der Waals surface area contributed by atoms with Crippen LogP contribution in [-0.4, -0.2) is 16.9 Å². The molecule has 1 amide bonds. The summed E-state index contributed by atoms with van der Waals surface area (Å²) in [5.41, 5.74) is 1.09. The Balaban J connectivity index is 0.000000921. The quantitative estimate of drug-likeness (QED) is 0.848. The molecule has 21 heavy (non-hydrogen) atoms. The van der Waals surface area contributed by atoms with Crippen LogP contribution in [0, 0.1) is 5.41 Å². The Labute approximate surface area is 130 Å². The normalized spacial score (nSPS) is 16.7. The van der Waals surface area contributed by atoms with Gasteiger partial charge < -0.3 is 5.32 Å². The van der Waals surface area contributed by atoms with Crippen molar-refractivity contribution in [2.45, 2.75) is 73.3 Å². The maximum Gasteiger partial charge on any atom is 0.253 e. The van der Waals surface area contributed by atoms with E-state index < -0.39 is 0 Å². The third-order valence-corrected chi connectivity index (χ3v) is 3.60. The molecule has 0 radical (unpaired) electrons. The van der Waals surface area contributed by atoms with Crippen LogP contribution in [0.3, 0.4) is 0 Å². The third kappa shape index (κ3) is 7.26. The summed E-state index contributed by atoms with van der Waals surface area (Å²) >= 11 is 0. The molecule has 3 nitrogen and oxygen atoms in total. The van der Waals surface area contributed by atoms with Gasteiger partial charge in [0.15, 0.2) is 0 Å². The number of carbonyl (C=O) groups excluding carboxylic acids is 1. The van der Waals surface area contributed by atoms with Crippen molar-refractivity contribution in [1.29, 1.82) is 0 Å². The average Bonchev–Trinajstić information content (AvgIpc) is 2.54. The van der Waals surface area contributed by atoms with E-state index in [0.717, 1.165) is 12.8 Å². The molecule has 1 aromatic rings. The van der Waals surface area contributed by atoms with E-state index >= 15 is 0 Å². The first kappa shape index (κ1) is 19.6. The molecule has 3 heteroatoms. The number of amides is 1. The maximum atomic E-state index is 11.9. The van der Waals surface area contributed by atoms with Gasteiger partial charge in [-0.2, -0.15) is 0 Å². The van der Waals surface area contributed by atoms with Crippen molar-refractivity contribution >= 4 is 5.91 Å². The predicted molar refractivity (Wildman–Crippen MR) is 90.4 cm³/mol. The number of aromatic nitrogens is 1. The Kier molecular flexibility index (Phi) is 9.68. The summed E-state index contributed by atoms with van der Waals surface area (Å²) in [5, 5.41) is 3.09. The van der Waals surface area contributed by atoms with Gasteiger partial charge in [-0.1, -0.05) is 41.5 Å². The molecule has 1 fully saturated rings. The molecular formula is C18H32N2O. The Bertz CT molecular complexity index is 377. The molecule has 0 spiro atoms. The van der Waals surface area contributed by atoms with Crippen LogP contribution in [0.1, 0.15) is 77.6 Å². The highest BCUT2D eigenvalue weighted by Crippen LogP contribution is 2.34. The number of nitrogens with one attached hydrogen (secondary N) is 1. The van der Waals surface area contributed by atoms with E-state index in [-0.39, 0.29) is 5.91 Å². The van der Waals surface area contributed by atoms with Gasteiger partial charge in [0.2, 0.25) is 0 Å². The minimum atomic E-state index is 0.00260. The van der Waals surface area contributed by atoms with E-state index in [1.807, 2.05) is 27.7 Å². The van der Waals surface area contributed by atoms with Crippen LogP contribution in [-0.2, 0) is 0 Å². The molecule has 120 valence electrons. The molecule has 1 aromatic heterocycles. The highest BCUT2D eigenvalue weighted by Gasteiger charge is 2.27. The average molecular weight is 292 g/mol. The standard InChI is InChI=1S/C14H20N2O.2C2H6/c1-14(2)7-5-12(6-8-14)16-13(17)11-4-3-9-15-10-11;2*1-2/h3-4,9-10,12H,5-8H2,1-2H3,(H,16,17);2*1-2H3.